The number of carbonyl (C=O) groups is 4. The van der Waals surface area contributed by atoms with E-state index in [1.807, 2.05) is 13.8 Å². The van der Waals surface area contributed by atoms with Crippen LogP contribution >= 0.6 is 0 Å². The van der Waals surface area contributed by atoms with Crippen molar-refractivity contribution < 1.29 is 24.3 Å². The third-order valence-electron chi connectivity index (χ3n) is 4.68. The summed E-state index contributed by atoms with van der Waals surface area (Å²) in [6.45, 7) is 3.89. The number of hydrogen-bond donors (Lipinski definition) is 7. The summed E-state index contributed by atoms with van der Waals surface area (Å²) in [5.74, 6) is -2.67. The maximum absolute atomic E-state index is 12.6. The van der Waals surface area contributed by atoms with Gasteiger partial charge < -0.3 is 37.5 Å². The summed E-state index contributed by atoms with van der Waals surface area (Å²) >= 11 is 0. The van der Waals surface area contributed by atoms with Crippen molar-refractivity contribution in [2.24, 2.45) is 17.4 Å². The van der Waals surface area contributed by atoms with Crippen molar-refractivity contribution >= 4 is 23.7 Å². The number of unbranched alkanes of at least 4 members (excludes halogenated alkanes) is 1. The zero-order chi connectivity index (χ0) is 24.1. The van der Waals surface area contributed by atoms with Crippen LogP contribution in [0.4, 0.5) is 0 Å². The minimum atomic E-state index is -1.22. The average molecular weight is 454 g/mol. The van der Waals surface area contributed by atoms with Crippen molar-refractivity contribution in [3.8, 4) is 0 Å². The Bertz CT molecular complexity index is 739. The fraction of sp³-hybridized carbons (Fsp3) is 0.650. The molecule has 1 rings (SSSR count). The highest BCUT2D eigenvalue weighted by Gasteiger charge is 2.25. The molecule has 0 fully saturated rings. The van der Waals surface area contributed by atoms with Crippen LogP contribution in [0.2, 0.25) is 0 Å². The van der Waals surface area contributed by atoms with Gasteiger partial charge in [-0.25, -0.2) is 9.78 Å². The van der Waals surface area contributed by atoms with Crippen LogP contribution in [0, 0.1) is 5.92 Å². The molecule has 3 amide bonds. The monoisotopic (exact) mass is 453 g/mol. The summed E-state index contributed by atoms with van der Waals surface area (Å²) in [6, 6.07) is -2.81. The predicted molar refractivity (Wildman–Crippen MR) is 117 cm³/mol. The van der Waals surface area contributed by atoms with Gasteiger partial charge in [-0.05, 0) is 38.1 Å². The van der Waals surface area contributed by atoms with E-state index in [9.17, 15) is 24.3 Å². The third-order valence-corrected chi connectivity index (χ3v) is 4.68. The first-order chi connectivity index (χ1) is 15.1. The van der Waals surface area contributed by atoms with E-state index < -0.39 is 48.4 Å². The van der Waals surface area contributed by atoms with E-state index in [1.165, 1.54) is 12.5 Å². The molecule has 0 saturated heterocycles. The molecule has 12 nitrogen and oxygen atoms in total. The number of carbonyl (C=O) groups excluding carboxylic acids is 3. The van der Waals surface area contributed by atoms with Crippen molar-refractivity contribution in [2.75, 3.05) is 13.1 Å². The third kappa shape index (κ3) is 10.4. The quantitative estimate of drug-likeness (QED) is 0.157. The summed E-state index contributed by atoms with van der Waals surface area (Å²) in [6.07, 6.45) is 4.96. The summed E-state index contributed by atoms with van der Waals surface area (Å²) in [7, 11) is 0. The molecule has 3 unspecified atom stereocenters. The number of imidazole rings is 1. The number of aromatic nitrogens is 2. The van der Waals surface area contributed by atoms with E-state index in [0.29, 0.717) is 37.9 Å². The normalized spacial score (nSPS) is 13.8. The van der Waals surface area contributed by atoms with Crippen LogP contribution in [-0.2, 0) is 25.6 Å². The number of hydrogen-bond acceptors (Lipinski definition) is 7. The molecule has 0 spiro atoms. The fourth-order valence-electron chi connectivity index (χ4n) is 3.01. The molecule has 3 atom stereocenters. The molecular weight excluding hydrogens is 418 g/mol. The first-order valence-corrected chi connectivity index (χ1v) is 10.7. The predicted octanol–water partition coefficient (Wildman–Crippen LogP) is -1.37. The second kappa shape index (κ2) is 14.1. The van der Waals surface area contributed by atoms with E-state index >= 15 is 0 Å². The molecule has 1 aromatic heterocycles. The Morgan fingerprint density at radius 1 is 1.12 bits per heavy atom. The lowest BCUT2D eigenvalue weighted by Gasteiger charge is -2.21. The molecule has 12 heteroatoms. The molecule has 0 aromatic carbocycles. The number of nitrogens with zero attached hydrogens (tertiary/aromatic N) is 1. The van der Waals surface area contributed by atoms with E-state index in [0.717, 1.165) is 0 Å². The van der Waals surface area contributed by atoms with Crippen molar-refractivity contribution in [1.29, 1.82) is 0 Å². The van der Waals surface area contributed by atoms with Crippen LogP contribution in [0.1, 0.15) is 45.2 Å². The van der Waals surface area contributed by atoms with Gasteiger partial charge in [0.15, 0.2) is 0 Å². The molecule has 0 bridgehead atoms. The van der Waals surface area contributed by atoms with E-state index in [1.54, 1.807) is 0 Å². The van der Waals surface area contributed by atoms with Crippen LogP contribution in [0.25, 0.3) is 0 Å². The highest BCUT2D eigenvalue weighted by molar-refractivity contribution is 5.92. The van der Waals surface area contributed by atoms with E-state index in [2.05, 4.69) is 25.9 Å². The Balaban J connectivity index is 2.63. The highest BCUT2D eigenvalue weighted by atomic mass is 16.4. The average Bonchev–Trinajstić information content (AvgIpc) is 3.23. The summed E-state index contributed by atoms with van der Waals surface area (Å²) in [5.41, 5.74) is 11.9. The number of amides is 3. The zero-order valence-corrected chi connectivity index (χ0v) is 18.6. The number of aromatic amines is 1. The molecule has 0 aliphatic rings. The van der Waals surface area contributed by atoms with Gasteiger partial charge in [0.05, 0.1) is 18.9 Å². The summed E-state index contributed by atoms with van der Waals surface area (Å²) < 4.78 is 0. The number of H-pyrrole nitrogens is 1. The number of nitrogens with one attached hydrogen (secondary N) is 4. The first kappa shape index (κ1) is 27.0. The van der Waals surface area contributed by atoms with Crippen LogP contribution in [0.3, 0.4) is 0 Å². The molecule has 0 saturated carbocycles. The van der Waals surface area contributed by atoms with Gasteiger partial charge in [-0.3, -0.25) is 14.4 Å². The Hall–Kier alpha value is -2.99. The van der Waals surface area contributed by atoms with Gasteiger partial charge >= 0.3 is 5.97 Å². The van der Waals surface area contributed by atoms with Gasteiger partial charge in [0, 0.05) is 18.3 Å². The second-order valence-corrected chi connectivity index (χ2v) is 8.04. The lowest BCUT2D eigenvalue weighted by molar-refractivity contribution is -0.141. The largest absolute Gasteiger partial charge is 0.480 e. The summed E-state index contributed by atoms with van der Waals surface area (Å²) in [5, 5.41) is 16.8. The molecule has 0 radical (unpaired) electrons. The van der Waals surface area contributed by atoms with E-state index in [-0.39, 0.29) is 12.3 Å². The van der Waals surface area contributed by atoms with E-state index in [4.69, 9.17) is 11.5 Å². The smallest absolute Gasteiger partial charge is 0.326 e. The minimum absolute atomic E-state index is 0.0144. The number of aliphatic carboxylic acids is 1. The Kier molecular flexibility index (Phi) is 12.0. The molecule has 1 heterocycles. The van der Waals surface area contributed by atoms with Gasteiger partial charge in [-0.2, -0.15) is 0 Å². The Morgan fingerprint density at radius 2 is 1.84 bits per heavy atom. The lowest BCUT2D eigenvalue weighted by Crippen LogP contribution is -2.53. The van der Waals surface area contributed by atoms with Gasteiger partial charge in [-0.15, -0.1) is 0 Å². The van der Waals surface area contributed by atoms with Crippen molar-refractivity contribution in [1.82, 2.24) is 25.9 Å². The van der Waals surface area contributed by atoms with Gasteiger partial charge in [0.1, 0.15) is 12.1 Å². The number of carboxylic acid groups (broad SMARTS) is 1. The van der Waals surface area contributed by atoms with Gasteiger partial charge in [0.25, 0.3) is 0 Å². The first-order valence-electron chi connectivity index (χ1n) is 10.7. The lowest BCUT2D eigenvalue weighted by atomic mass is 10.0. The number of rotatable bonds is 15. The zero-order valence-electron chi connectivity index (χ0n) is 18.6. The van der Waals surface area contributed by atoms with Crippen molar-refractivity contribution in [3.63, 3.8) is 0 Å². The SMILES string of the molecule is CC(C)CC(N)C(=O)NC(CCCCN)C(=O)NCC(=O)NC(Cc1cnc[nH]1)C(=O)O. The highest BCUT2D eigenvalue weighted by Crippen LogP contribution is 2.06. The van der Waals surface area contributed by atoms with Gasteiger partial charge in [-0.1, -0.05) is 13.8 Å². The van der Waals surface area contributed by atoms with Crippen molar-refractivity contribution in [2.45, 2.75) is 64.1 Å². The topological polar surface area (TPSA) is 205 Å². The molecule has 0 aliphatic heterocycles. The maximum atomic E-state index is 12.6. The Morgan fingerprint density at radius 3 is 2.41 bits per heavy atom. The van der Waals surface area contributed by atoms with Crippen LogP contribution in [0.5, 0.6) is 0 Å². The van der Waals surface area contributed by atoms with Crippen LogP contribution < -0.4 is 27.4 Å². The minimum Gasteiger partial charge on any atom is -0.480 e. The van der Waals surface area contributed by atoms with Crippen molar-refractivity contribution in [3.05, 3.63) is 18.2 Å². The number of nitrogens with two attached hydrogens (primary N) is 2. The molecular formula is C20H35N7O5. The molecule has 180 valence electrons. The van der Waals surface area contributed by atoms with Crippen LogP contribution in [-0.4, -0.2) is 70.0 Å². The summed E-state index contributed by atoms with van der Waals surface area (Å²) in [4.78, 5) is 55.1. The molecule has 9 N–H and O–H groups in total. The molecule has 1 aromatic rings. The van der Waals surface area contributed by atoms with Gasteiger partial charge in [0.2, 0.25) is 17.7 Å². The Labute approximate surface area is 187 Å². The van der Waals surface area contributed by atoms with Crippen LogP contribution in [0.15, 0.2) is 12.5 Å². The molecule has 32 heavy (non-hydrogen) atoms. The number of carboxylic acids is 1. The molecule has 0 aliphatic carbocycles. The maximum Gasteiger partial charge on any atom is 0.326 e. The standard InChI is InChI=1S/C20H35N7O5/c1-12(2)7-14(22)18(29)27-15(5-3-4-6-21)19(30)24-10-17(28)26-16(20(31)32)8-13-9-23-11-25-13/h9,11-12,14-16H,3-8,10,21-22H2,1-2H3,(H,23,25)(H,24,30)(H,26,28)(H,27,29)(H,31,32). The fourth-order valence-corrected chi connectivity index (χ4v) is 3.01. The second-order valence-electron chi connectivity index (χ2n) is 8.04.